The Kier molecular flexibility index (Phi) is 3.63. The zero-order chi connectivity index (χ0) is 10.0. The maximum atomic E-state index is 9.48. The zero-order valence-corrected chi connectivity index (χ0v) is 7.63. The number of rotatable bonds is 2. The first-order chi connectivity index (χ1) is 6.11. The first-order valence-corrected chi connectivity index (χ1v) is 4.49. The zero-order valence-electron chi connectivity index (χ0n) is 7.63. The Morgan fingerprint density at radius 1 is 1.23 bits per heavy atom. The number of hydrogen-bond acceptors (Lipinski definition) is 5. The molecule has 5 nitrogen and oxygen atoms in total. The number of aliphatic hydroxyl groups excluding tert-OH is 3. The Hall–Kier alpha value is -0.200. The molecule has 0 spiro atoms. The van der Waals surface area contributed by atoms with Crippen molar-refractivity contribution in [2.24, 2.45) is 5.73 Å². The van der Waals surface area contributed by atoms with Crippen molar-refractivity contribution in [2.75, 3.05) is 6.61 Å². The van der Waals surface area contributed by atoms with Crippen LogP contribution in [0.2, 0.25) is 0 Å². The van der Waals surface area contributed by atoms with Gasteiger partial charge in [0.25, 0.3) is 0 Å². The molecule has 0 aromatic rings. The third-order valence-electron chi connectivity index (χ3n) is 2.49. The fourth-order valence-corrected chi connectivity index (χ4v) is 1.58. The summed E-state index contributed by atoms with van der Waals surface area (Å²) in [5.74, 6) is 0. The molecule has 78 valence electrons. The lowest BCUT2D eigenvalue weighted by molar-refractivity contribution is -0.189. The van der Waals surface area contributed by atoms with Crippen molar-refractivity contribution in [3.8, 4) is 0 Å². The van der Waals surface area contributed by atoms with Crippen molar-refractivity contribution < 1.29 is 20.1 Å². The van der Waals surface area contributed by atoms with Crippen LogP contribution in [0.5, 0.6) is 0 Å². The lowest BCUT2D eigenvalue weighted by Gasteiger charge is -2.40. The summed E-state index contributed by atoms with van der Waals surface area (Å²) in [5.41, 5.74) is 5.62. The van der Waals surface area contributed by atoms with Crippen LogP contribution in [0.15, 0.2) is 0 Å². The van der Waals surface area contributed by atoms with Gasteiger partial charge in [0.2, 0.25) is 0 Å². The van der Waals surface area contributed by atoms with Crippen molar-refractivity contribution >= 4 is 0 Å². The molecule has 13 heavy (non-hydrogen) atoms. The monoisotopic (exact) mass is 191 g/mol. The molecule has 0 aromatic heterocycles. The maximum Gasteiger partial charge on any atom is 0.110 e. The largest absolute Gasteiger partial charge is 0.394 e. The van der Waals surface area contributed by atoms with Crippen LogP contribution in [0, 0.1) is 0 Å². The number of nitrogens with two attached hydrogens (primary N) is 1. The van der Waals surface area contributed by atoms with Crippen molar-refractivity contribution in [3.05, 3.63) is 0 Å². The molecule has 1 aliphatic heterocycles. The van der Waals surface area contributed by atoms with E-state index in [0.717, 1.165) is 0 Å². The predicted octanol–water partition coefficient (Wildman–Crippen LogP) is -1.79. The molecule has 1 rings (SSSR count). The molecule has 1 fully saturated rings. The maximum absolute atomic E-state index is 9.48. The highest BCUT2D eigenvalue weighted by atomic mass is 16.5. The minimum Gasteiger partial charge on any atom is -0.394 e. The first-order valence-electron chi connectivity index (χ1n) is 4.49. The lowest BCUT2D eigenvalue weighted by atomic mass is 9.92. The van der Waals surface area contributed by atoms with Crippen molar-refractivity contribution in [1.29, 1.82) is 0 Å². The quantitative estimate of drug-likeness (QED) is 0.413. The third kappa shape index (κ3) is 2.00. The smallest absolute Gasteiger partial charge is 0.110 e. The van der Waals surface area contributed by atoms with Gasteiger partial charge in [0.05, 0.1) is 18.8 Å². The van der Waals surface area contributed by atoms with E-state index in [-0.39, 0.29) is 12.7 Å². The fourth-order valence-electron chi connectivity index (χ4n) is 1.58. The molecule has 0 aromatic carbocycles. The van der Waals surface area contributed by atoms with Gasteiger partial charge in [-0.05, 0) is 6.42 Å². The second-order valence-electron chi connectivity index (χ2n) is 3.36. The standard InChI is InChI=1S/C8H17NO4/c1-2-4-6(9)8(12)7(11)5(3-10)13-4/h4-8,10-12H,2-3,9H2,1H3. The molecular formula is C8H17NO4. The van der Waals surface area contributed by atoms with Gasteiger partial charge in [-0.25, -0.2) is 0 Å². The molecule has 0 radical (unpaired) electrons. The van der Waals surface area contributed by atoms with Gasteiger partial charge in [-0.2, -0.15) is 0 Å². The highest BCUT2D eigenvalue weighted by Crippen LogP contribution is 2.21. The van der Waals surface area contributed by atoms with Crippen molar-refractivity contribution in [3.63, 3.8) is 0 Å². The second-order valence-corrected chi connectivity index (χ2v) is 3.36. The molecule has 1 heterocycles. The van der Waals surface area contributed by atoms with Crippen LogP contribution in [0.25, 0.3) is 0 Å². The average Bonchev–Trinajstić information content (AvgIpc) is 2.15. The predicted molar refractivity (Wildman–Crippen MR) is 46.0 cm³/mol. The number of hydrogen-bond donors (Lipinski definition) is 4. The Balaban J connectivity index is 2.66. The van der Waals surface area contributed by atoms with E-state index in [1.54, 1.807) is 0 Å². The molecule has 0 saturated carbocycles. The third-order valence-corrected chi connectivity index (χ3v) is 2.49. The second kappa shape index (κ2) is 4.34. The Morgan fingerprint density at radius 3 is 2.31 bits per heavy atom. The van der Waals surface area contributed by atoms with Gasteiger partial charge in [-0.3, -0.25) is 0 Å². The van der Waals surface area contributed by atoms with E-state index in [2.05, 4.69) is 0 Å². The average molecular weight is 191 g/mol. The highest BCUT2D eigenvalue weighted by Gasteiger charge is 2.41. The number of ether oxygens (including phenoxy) is 1. The molecule has 5 heteroatoms. The molecule has 5 unspecified atom stereocenters. The van der Waals surface area contributed by atoms with E-state index in [9.17, 15) is 10.2 Å². The normalized spacial score (nSPS) is 46.4. The summed E-state index contributed by atoms with van der Waals surface area (Å²) in [6, 6.07) is -0.581. The van der Waals surface area contributed by atoms with Gasteiger partial charge in [0, 0.05) is 0 Å². The van der Waals surface area contributed by atoms with Crippen LogP contribution >= 0.6 is 0 Å². The molecule has 0 bridgehead atoms. The van der Waals surface area contributed by atoms with Crippen LogP contribution in [-0.4, -0.2) is 52.4 Å². The molecule has 0 amide bonds. The Labute approximate surface area is 77.1 Å². The summed E-state index contributed by atoms with van der Waals surface area (Å²) in [6.45, 7) is 1.57. The minimum atomic E-state index is -1.09. The van der Waals surface area contributed by atoms with E-state index in [0.29, 0.717) is 6.42 Å². The molecule has 5 atom stereocenters. The highest BCUT2D eigenvalue weighted by molar-refractivity contribution is 4.93. The van der Waals surface area contributed by atoms with E-state index >= 15 is 0 Å². The van der Waals surface area contributed by atoms with E-state index in [4.69, 9.17) is 15.6 Å². The van der Waals surface area contributed by atoms with Gasteiger partial charge in [-0.1, -0.05) is 6.92 Å². The van der Waals surface area contributed by atoms with Crippen LogP contribution in [0.3, 0.4) is 0 Å². The van der Waals surface area contributed by atoms with E-state index < -0.39 is 24.4 Å². The Morgan fingerprint density at radius 2 is 1.85 bits per heavy atom. The summed E-state index contributed by atoms with van der Waals surface area (Å²) in [6.07, 6.45) is -2.48. The van der Waals surface area contributed by atoms with E-state index in [1.807, 2.05) is 6.92 Å². The minimum absolute atomic E-state index is 0.296. The van der Waals surface area contributed by atoms with Crippen LogP contribution < -0.4 is 5.73 Å². The summed E-state index contributed by atoms with van der Waals surface area (Å²) in [7, 11) is 0. The molecule has 1 aliphatic rings. The van der Waals surface area contributed by atoms with Crippen LogP contribution in [0.1, 0.15) is 13.3 Å². The van der Waals surface area contributed by atoms with Gasteiger partial charge >= 0.3 is 0 Å². The van der Waals surface area contributed by atoms with Gasteiger partial charge in [0.1, 0.15) is 18.3 Å². The first kappa shape index (κ1) is 10.9. The van der Waals surface area contributed by atoms with Crippen LogP contribution in [0.4, 0.5) is 0 Å². The molecule has 1 saturated heterocycles. The fraction of sp³-hybridized carbons (Fsp3) is 1.00. The lowest BCUT2D eigenvalue weighted by Crippen LogP contribution is -2.61. The van der Waals surface area contributed by atoms with Crippen molar-refractivity contribution in [1.82, 2.24) is 0 Å². The summed E-state index contributed by atoms with van der Waals surface area (Å²) < 4.78 is 5.29. The SMILES string of the molecule is CCC1OC(CO)C(O)C(O)C1N. The van der Waals surface area contributed by atoms with Gasteiger partial charge in [0.15, 0.2) is 0 Å². The number of aliphatic hydroxyl groups is 3. The topological polar surface area (TPSA) is 95.9 Å². The molecular weight excluding hydrogens is 174 g/mol. The van der Waals surface area contributed by atoms with Crippen LogP contribution in [-0.2, 0) is 4.74 Å². The van der Waals surface area contributed by atoms with Gasteiger partial charge < -0.3 is 25.8 Å². The molecule has 0 aliphatic carbocycles. The summed E-state index contributed by atoms with van der Waals surface area (Å²) in [5, 5.41) is 27.7. The summed E-state index contributed by atoms with van der Waals surface area (Å²) >= 11 is 0. The van der Waals surface area contributed by atoms with E-state index in [1.165, 1.54) is 0 Å². The Bertz CT molecular complexity index is 146. The summed E-state index contributed by atoms with van der Waals surface area (Å²) in [4.78, 5) is 0. The van der Waals surface area contributed by atoms with Crippen molar-refractivity contribution in [2.45, 2.75) is 43.8 Å². The van der Waals surface area contributed by atoms with Gasteiger partial charge in [-0.15, -0.1) is 0 Å². The molecule has 5 N–H and O–H groups in total.